The topological polar surface area (TPSA) is 65.5 Å². The third kappa shape index (κ3) is 8.49. The van der Waals surface area contributed by atoms with Gasteiger partial charge >= 0.3 is 7.12 Å². The average Bonchev–Trinajstić information content (AvgIpc) is 3.05. The molecule has 2 aliphatic rings. The molecule has 1 amide bonds. The summed E-state index contributed by atoms with van der Waals surface area (Å²) in [6.07, 6.45) is 1.86. The van der Waals surface area contributed by atoms with Crippen molar-refractivity contribution in [2.24, 2.45) is 5.92 Å². The molecule has 0 saturated carbocycles. The quantitative estimate of drug-likeness (QED) is 0.290. The lowest BCUT2D eigenvalue weighted by Gasteiger charge is -2.40. The zero-order chi connectivity index (χ0) is 30.9. The SMILES string of the molecule is CCOc1cccc(F)c1CN1CCN(C(=O)C(OB(O)c2ccccc2)C2CCN(CCc3ccccc3Br)CC2)CC1. The van der Waals surface area contributed by atoms with E-state index < -0.39 is 13.2 Å². The van der Waals surface area contributed by atoms with Gasteiger partial charge in [0, 0.05) is 49.3 Å². The minimum Gasteiger partial charge on any atom is -0.493 e. The lowest BCUT2D eigenvalue weighted by Crippen LogP contribution is -2.55. The minimum absolute atomic E-state index is 0.00534. The van der Waals surface area contributed by atoms with Crippen molar-refractivity contribution >= 4 is 34.4 Å². The van der Waals surface area contributed by atoms with Crippen molar-refractivity contribution in [1.82, 2.24) is 14.7 Å². The number of carbonyl (C=O) groups excluding carboxylic acids is 1. The predicted octanol–water partition coefficient (Wildman–Crippen LogP) is 4.36. The summed E-state index contributed by atoms with van der Waals surface area (Å²) in [5.74, 6) is 0.218. The number of benzene rings is 3. The van der Waals surface area contributed by atoms with Crippen molar-refractivity contribution in [3.63, 3.8) is 0 Å². The summed E-state index contributed by atoms with van der Waals surface area (Å²) < 4.78 is 27.7. The molecule has 2 heterocycles. The van der Waals surface area contributed by atoms with Gasteiger partial charge in [0.25, 0.3) is 5.91 Å². The van der Waals surface area contributed by atoms with Crippen LogP contribution in [-0.4, -0.2) is 91.3 Å². The first kappa shape index (κ1) is 32.6. The first-order valence-corrected chi connectivity index (χ1v) is 16.5. The maximum atomic E-state index is 14.7. The Hall–Kier alpha value is -2.76. The van der Waals surface area contributed by atoms with E-state index in [-0.39, 0.29) is 17.6 Å². The third-order valence-corrected chi connectivity index (χ3v) is 9.53. The van der Waals surface area contributed by atoms with Crippen LogP contribution in [0.1, 0.15) is 30.9 Å². The number of hydrogen-bond acceptors (Lipinski definition) is 6. The number of hydrogen-bond donors (Lipinski definition) is 1. The largest absolute Gasteiger partial charge is 0.493 e. The molecule has 234 valence electrons. The van der Waals surface area contributed by atoms with Crippen LogP contribution in [0.25, 0.3) is 0 Å². The van der Waals surface area contributed by atoms with Gasteiger partial charge in [-0.3, -0.25) is 9.69 Å². The molecular weight excluding hydrogens is 624 g/mol. The number of likely N-dealkylation sites (tertiary alicyclic amines) is 1. The van der Waals surface area contributed by atoms with Crippen molar-refractivity contribution < 1.29 is 23.6 Å². The average molecular weight is 666 g/mol. The fourth-order valence-corrected chi connectivity index (χ4v) is 6.66. The molecule has 0 aliphatic carbocycles. The summed E-state index contributed by atoms with van der Waals surface area (Å²) in [4.78, 5) is 20.5. The molecule has 10 heteroatoms. The molecule has 3 aromatic carbocycles. The van der Waals surface area contributed by atoms with E-state index in [1.165, 1.54) is 11.6 Å². The van der Waals surface area contributed by atoms with E-state index in [1.807, 2.05) is 48.2 Å². The van der Waals surface area contributed by atoms with E-state index in [4.69, 9.17) is 9.39 Å². The van der Waals surface area contributed by atoms with Crippen molar-refractivity contribution in [3.8, 4) is 5.75 Å². The van der Waals surface area contributed by atoms with Gasteiger partial charge in [-0.1, -0.05) is 70.5 Å². The van der Waals surface area contributed by atoms with Crippen LogP contribution in [0.2, 0.25) is 0 Å². The second kappa shape index (κ2) is 16.0. The van der Waals surface area contributed by atoms with Gasteiger partial charge in [0.15, 0.2) is 0 Å². The number of rotatable bonds is 12. The number of amides is 1. The van der Waals surface area contributed by atoms with Gasteiger partial charge in [-0.25, -0.2) is 4.39 Å². The normalized spacial score (nSPS) is 17.4. The number of nitrogens with zero attached hydrogens (tertiary/aromatic N) is 3. The standard InChI is InChI=1S/C34H42BBrFN3O4/c1-2-43-32-14-8-13-31(37)29(32)25-39-21-23-40(24-22-39)34(41)33(44-35(42)28-10-4-3-5-11-28)27-16-19-38(20-17-27)18-15-26-9-6-7-12-30(26)36/h3-14,27,33,42H,2,15-25H2,1H3. The van der Waals surface area contributed by atoms with Gasteiger partial charge in [-0.2, -0.15) is 0 Å². The monoisotopic (exact) mass is 665 g/mol. The van der Waals surface area contributed by atoms with E-state index in [0.29, 0.717) is 56.1 Å². The third-order valence-electron chi connectivity index (χ3n) is 8.76. The van der Waals surface area contributed by atoms with Crippen LogP contribution in [-0.2, 0) is 22.4 Å². The van der Waals surface area contributed by atoms with Gasteiger partial charge in [0.1, 0.15) is 17.7 Å². The summed E-state index contributed by atoms with van der Waals surface area (Å²) in [5.41, 5.74) is 2.48. The number of halogens is 2. The van der Waals surface area contributed by atoms with Crippen molar-refractivity contribution in [1.29, 1.82) is 0 Å². The van der Waals surface area contributed by atoms with Crippen LogP contribution in [0.4, 0.5) is 4.39 Å². The molecule has 0 aromatic heterocycles. The van der Waals surface area contributed by atoms with Gasteiger partial charge < -0.3 is 24.2 Å². The molecule has 1 N–H and O–H groups in total. The highest BCUT2D eigenvalue weighted by Crippen LogP contribution is 2.27. The smallest absolute Gasteiger partial charge is 0.491 e. The molecule has 2 aliphatic heterocycles. The molecule has 2 saturated heterocycles. The van der Waals surface area contributed by atoms with E-state index in [2.05, 4.69) is 43.9 Å². The number of carbonyl (C=O) groups is 1. The second-order valence-electron chi connectivity index (χ2n) is 11.6. The Bertz CT molecular complexity index is 1350. The molecule has 44 heavy (non-hydrogen) atoms. The van der Waals surface area contributed by atoms with E-state index >= 15 is 0 Å². The summed E-state index contributed by atoms with van der Waals surface area (Å²) in [7, 11) is -1.18. The van der Waals surface area contributed by atoms with Crippen LogP contribution < -0.4 is 10.2 Å². The van der Waals surface area contributed by atoms with Gasteiger partial charge in [-0.05, 0) is 74.4 Å². The Labute approximate surface area is 269 Å². The highest BCUT2D eigenvalue weighted by molar-refractivity contribution is 9.10. The van der Waals surface area contributed by atoms with E-state index in [9.17, 15) is 14.2 Å². The van der Waals surface area contributed by atoms with Crippen LogP contribution in [0.15, 0.2) is 77.3 Å². The maximum absolute atomic E-state index is 14.7. The molecule has 0 bridgehead atoms. The minimum atomic E-state index is -1.18. The first-order valence-electron chi connectivity index (χ1n) is 15.7. The highest BCUT2D eigenvalue weighted by Gasteiger charge is 2.38. The molecule has 1 atom stereocenters. The predicted molar refractivity (Wildman–Crippen MR) is 175 cm³/mol. The lowest BCUT2D eigenvalue weighted by atomic mass is 9.78. The van der Waals surface area contributed by atoms with Gasteiger partial charge in [0.05, 0.1) is 6.61 Å². The van der Waals surface area contributed by atoms with Crippen LogP contribution >= 0.6 is 15.9 Å². The summed E-state index contributed by atoms with van der Waals surface area (Å²) in [6, 6.07) is 22.5. The van der Waals surface area contributed by atoms with Gasteiger partial charge in [-0.15, -0.1) is 0 Å². The molecule has 5 rings (SSSR count). The fourth-order valence-electron chi connectivity index (χ4n) is 6.18. The number of piperazine rings is 1. The summed E-state index contributed by atoms with van der Waals surface area (Å²) in [6.45, 7) is 7.77. The molecule has 3 aromatic rings. The Morgan fingerprint density at radius 2 is 1.66 bits per heavy atom. The van der Waals surface area contributed by atoms with Crippen LogP contribution in [0, 0.1) is 11.7 Å². The molecule has 1 unspecified atom stereocenters. The molecule has 7 nitrogen and oxygen atoms in total. The molecular formula is C34H42BBrFN3O4. The summed E-state index contributed by atoms with van der Waals surface area (Å²) in [5, 5.41) is 11.0. The fraction of sp³-hybridized carbons (Fsp3) is 0.441. The zero-order valence-corrected chi connectivity index (χ0v) is 27.0. The second-order valence-corrected chi connectivity index (χ2v) is 12.4. The zero-order valence-electron chi connectivity index (χ0n) is 25.4. The number of ether oxygens (including phenoxy) is 1. The van der Waals surface area contributed by atoms with Crippen LogP contribution in [0.3, 0.4) is 0 Å². The molecule has 2 fully saturated rings. The van der Waals surface area contributed by atoms with Gasteiger partial charge in [0.2, 0.25) is 0 Å². The highest BCUT2D eigenvalue weighted by atomic mass is 79.9. The Morgan fingerprint density at radius 3 is 2.36 bits per heavy atom. The molecule has 0 radical (unpaired) electrons. The van der Waals surface area contributed by atoms with Crippen LogP contribution in [0.5, 0.6) is 5.75 Å². The Morgan fingerprint density at radius 1 is 0.955 bits per heavy atom. The van der Waals surface area contributed by atoms with Crippen molar-refractivity contribution in [2.45, 2.75) is 38.8 Å². The Balaban J connectivity index is 1.21. The summed E-state index contributed by atoms with van der Waals surface area (Å²) >= 11 is 3.65. The van der Waals surface area contributed by atoms with E-state index in [1.54, 1.807) is 12.1 Å². The van der Waals surface area contributed by atoms with Crippen molar-refractivity contribution in [3.05, 3.63) is 94.2 Å². The number of piperidine rings is 1. The van der Waals surface area contributed by atoms with Crippen molar-refractivity contribution in [2.75, 3.05) is 52.4 Å². The maximum Gasteiger partial charge on any atom is 0.491 e. The Kier molecular flexibility index (Phi) is 11.9. The molecule has 0 spiro atoms. The van der Waals surface area contributed by atoms with E-state index in [0.717, 1.165) is 43.4 Å². The lowest BCUT2D eigenvalue weighted by molar-refractivity contribution is -0.145. The first-order chi connectivity index (χ1) is 21.4.